The molecule has 1 aliphatic heterocycles. The monoisotopic (exact) mass is 293 g/mol. The lowest BCUT2D eigenvalue weighted by molar-refractivity contribution is -0.122. The minimum Gasteiger partial charge on any atom is -0.381 e. The maximum Gasteiger partial charge on any atom is 0.222 e. The fourth-order valence-electron chi connectivity index (χ4n) is 2.89. The third-order valence-electron chi connectivity index (χ3n) is 4.36. The Morgan fingerprint density at radius 3 is 2.52 bits per heavy atom. The van der Waals surface area contributed by atoms with E-state index in [9.17, 15) is 4.79 Å². The molecular formula is C14H23N5O2. The van der Waals surface area contributed by atoms with Crippen molar-refractivity contribution in [2.24, 2.45) is 0 Å². The highest BCUT2D eigenvalue weighted by Gasteiger charge is 2.33. The van der Waals surface area contributed by atoms with Gasteiger partial charge in [-0.1, -0.05) is 0 Å². The molecule has 0 radical (unpaired) electrons. The van der Waals surface area contributed by atoms with Crippen LogP contribution >= 0.6 is 0 Å². The summed E-state index contributed by atoms with van der Waals surface area (Å²) in [5.74, 6) is 0.104. The second-order valence-electron chi connectivity index (χ2n) is 5.86. The zero-order valence-corrected chi connectivity index (χ0v) is 12.2. The summed E-state index contributed by atoms with van der Waals surface area (Å²) in [7, 11) is 0. The Morgan fingerprint density at radius 1 is 1.14 bits per heavy atom. The normalized spacial score (nSPS) is 26.3. The van der Waals surface area contributed by atoms with Crippen LogP contribution in [0.15, 0.2) is 12.7 Å². The first kappa shape index (κ1) is 14.5. The fraction of sp³-hybridized carbons (Fsp3) is 0.786. The van der Waals surface area contributed by atoms with Gasteiger partial charge in [-0.25, -0.2) is 0 Å². The SMILES string of the molecule is O=C(CCn1cnnc1)N[C@@H]1CC[C@@H]1NC1CCOCC1. The number of rotatable bonds is 6. The molecule has 1 aromatic heterocycles. The molecular weight excluding hydrogens is 270 g/mol. The summed E-state index contributed by atoms with van der Waals surface area (Å²) in [5, 5.41) is 14.2. The van der Waals surface area contributed by atoms with Gasteiger partial charge in [0.05, 0.1) is 0 Å². The average molecular weight is 293 g/mol. The summed E-state index contributed by atoms with van der Waals surface area (Å²) in [6, 6.07) is 1.24. The molecule has 7 nitrogen and oxygen atoms in total. The molecule has 21 heavy (non-hydrogen) atoms. The molecule has 0 bridgehead atoms. The Hall–Kier alpha value is -1.47. The summed E-state index contributed by atoms with van der Waals surface area (Å²) in [4.78, 5) is 12.0. The number of hydrogen-bond acceptors (Lipinski definition) is 5. The molecule has 2 N–H and O–H groups in total. The predicted octanol–water partition coefficient (Wildman–Crippen LogP) is 0.0840. The second-order valence-corrected chi connectivity index (χ2v) is 5.86. The molecule has 2 heterocycles. The number of nitrogens with one attached hydrogen (secondary N) is 2. The largest absolute Gasteiger partial charge is 0.381 e. The number of ether oxygens (including phenoxy) is 1. The topological polar surface area (TPSA) is 81.1 Å². The predicted molar refractivity (Wildman–Crippen MR) is 76.6 cm³/mol. The van der Waals surface area contributed by atoms with Gasteiger partial charge >= 0.3 is 0 Å². The molecule has 2 fully saturated rings. The average Bonchev–Trinajstić information content (AvgIpc) is 3.02. The van der Waals surface area contributed by atoms with Crippen LogP contribution in [0.5, 0.6) is 0 Å². The van der Waals surface area contributed by atoms with Gasteiger partial charge in [-0.3, -0.25) is 4.79 Å². The Balaban J connectivity index is 1.37. The van der Waals surface area contributed by atoms with Gasteiger partial charge in [0.15, 0.2) is 0 Å². The molecule has 1 saturated heterocycles. The standard InChI is InChI=1S/C14H23N5O2/c20-14(3-6-19-9-15-16-10-19)18-13-2-1-12(13)17-11-4-7-21-8-5-11/h9-13,17H,1-8H2,(H,18,20)/t12-,13+/m0/s1. The minimum atomic E-state index is 0.104. The highest BCUT2D eigenvalue weighted by atomic mass is 16.5. The molecule has 2 aliphatic rings. The van der Waals surface area contributed by atoms with Gasteiger partial charge in [0, 0.05) is 44.3 Å². The van der Waals surface area contributed by atoms with E-state index in [1.54, 1.807) is 12.7 Å². The van der Waals surface area contributed by atoms with Crippen molar-refractivity contribution in [1.82, 2.24) is 25.4 Å². The van der Waals surface area contributed by atoms with E-state index in [1.807, 2.05) is 4.57 Å². The van der Waals surface area contributed by atoms with Crippen LogP contribution in [0.25, 0.3) is 0 Å². The first-order valence-electron chi connectivity index (χ1n) is 7.77. The maximum atomic E-state index is 12.0. The van der Waals surface area contributed by atoms with Crippen LogP contribution < -0.4 is 10.6 Å². The zero-order chi connectivity index (χ0) is 14.5. The molecule has 1 amide bonds. The van der Waals surface area contributed by atoms with Crippen LogP contribution in [0.4, 0.5) is 0 Å². The lowest BCUT2D eigenvalue weighted by atomic mass is 9.85. The minimum absolute atomic E-state index is 0.104. The smallest absolute Gasteiger partial charge is 0.222 e. The summed E-state index contributed by atoms with van der Waals surface area (Å²) < 4.78 is 7.19. The number of carbonyl (C=O) groups excluding carboxylic acids is 1. The Bertz CT molecular complexity index is 444. The van der Waals surface area contributed by atoms with Crippen molar-refractivity contribution in [3.63, 3.8) is 0 Å². The molecule has 1 aromatic rings. The summed E-state index contributed by atoms with van der Waals surface area (Å²) >= 11 is 0. The van der Waals surface area contributed by atoms with E-state index < -0.39 is 0 Å². The van der Waals surface area contributed by atoms with Gasteiger partial charge in [-0.2, -0.15) is 0 Å². The van der Waals surface area contributed by atoms with Gasteiger partial charge in [-0.05, 0) is 25.7 Å². The van der Waals surface area contributed by atoms with Crippen molar-refractivity contribution in [3.8, 4) is 0 Å². The lowest BCUT2D eigenvalue weighted by Crippen LogP contribution is -2.59. The Kier molecular flexibility index (Phi) is 4.82. The van der Waals surface area contributed by atoms with Crippen molar-refractivity contribution in [1.29, 1.82) is 0 Å². The van der Waals surface area contributed by atoms with Crippen LogP contribution in [0.3, 0.4) is 0 Å². The number of carbonyl (C=O) groups is 1. The third-order valence-corrected chi connectivity index (χ3v) is 4.36. The number of aryl methyl sites for hydroxylation is 1. The second kappa shape index (κ2) is 7.00. The van der Waals surface area contributed by atoms with Gasteiger partial charge in [0.1, 0.15) is 12.7 Å². The third kappa shape index (κ3) is 4.01. The highest BCUT2D eigenvalue weighted by molar-refractivity contribution is 5.76. The lowest BCUT2D eigenvalue weighted by Gasteiger charge is -2.41. The molecule has 1 saturated carbocycles. The summed E-state index contributed by atoms with van der Waals surface area (Å²) in [6.07, 6.45) is 8.10. The van der Waals surface area contributed by atoms with E-state index in [-0.39, 0.29) is 11.9 Å². The van der Waals surface area contributed by atoms with Crippen LogP contribution in [0.1, 0.15) is 32.1 Å². The molecule has 2 atom stereocenters. The van der Waals surface area contributed by atoms with Crippen molar-refractivity contribution in [3.05, 3.63) is 12.7 Å². The molecule has 0 aromatic carbocycles. The van der Waals surface area contributed by atoms with Gasteiger partial charge in [-0.15, -0.1) is 10.2 Å². The number of amides is 1. The molecule has 0 unspecified atom stereocenters. The molecule has 0 spiro atoms. The summed E-state index contributed by atoms with van der Waals surface area (Å²) in [5.41, 5.74) is 0. The quantitative estimate of drug-likeness (QED) is 0.776. The number of nitrogens with zero attached hydrogens (tertiary/aromatic N) is 3. The van der Waals surface area contributed by atoms with Crippen molar-refractivity contribution >= 4 is 5.91 Å². The van der Waals surface area contributed by atoms with Gasteiger partial charge in [0.2, 0.25) is 5.91 Å². The van der Waals surface area contributed by atoms with E-state index in [2.05, 4.69) is 20.8 Å². The van der Waals surface area contributed by atoms with Crippen molar-refractivity contribution in [2.45, 2.75) is 56.8 Å². The fourth-order valence-corrected chi connectivity index (χ4v) is 2.89. The number of aromatic nitrogens is 3. The van der Waals surface area contributed by atoms with E-state index >= 15 is 0 Å². The molecule has 116 valence electrons. The van der Waals surface area contributed by atoms with Gasteiger partial charge < -0.3 is 19.9 Å². The van der Waals surface area contributed by atoms with E-state index in [0.29, 0.717) is 25.0 Å². The summed E-state index contributed by atoms with van der Waals surface area (Å²) in [6.45, 7) is 2.32. The number of hydrogen-bond donors (Lipinski definition) is 2. The van der Waals surface area contributed by atoms with Gasteiger partial charge in [0.25, 0.3) is 0 Å². The van der Waals surface area contributed by atoms with Crippen LogP contribution in [0.2, 0.25) is 0 Å². The first-order valence-corrected chi connectivity index (χ1v) is 7.77. The van der Waals surface area contributed by atoms with Crippen molar-refractivity contribution in [2.75, 3.05) is 13.2 Å². The maximum absolute atomic E-state index is 12.0. The zero-order valence-electron chi connectivity index (χ0n) is 12.2. The molecule has 7 heteroatoms. The first-order chi connectivity index (χ1) is 10.3. The van der Waals surface area contributed by atoms with Crippen LogP contribution in [-0.2, 0) is 16.1 Å². The van der Waals surface area contributed by atoms with Crippen LogP contribution in [-0.4, -0.2) is 52.0 Å². The van der Waals surface area contributed by atoms with Crippen LogP contribution in [0, 0.1) is 0 Å². The highest BCUT2D eigenvalue weighted by Crippen LogP contribution is 2.22. The van der Waals surface area contributed by atoms with E-state index in [4.69, 9.17) is 4.74 Å². The Morgan fingerprint density at radius 2 is 1.86 bits per heavy atom. The van der Waals surface area contributed by atoms with E-state index in [0.717, 1.165) is 38.9 Å². The Labute approximate surface area is 124 Å². The van der Waals surface area contributed by atoms with Crippen molar-refractivity contribution < 1.29 is 9.53 Å². The van der Waals surface area contributed by atoms with E-state index in [1.165, 1.54) is 0 Å². The molecule has 3 rings (SSSR count). The molecule has 1 aliphatic carbocycles.